The minimum atomic E-state index is -0.429. The van der Waals surface area contributed by atoms with Gasteiger partial charge in [0.25, 0.3) is 5.69 Å². The number of nitrogen functional groups attached to an aromatic ring is 1. The zero-order valence-corrected chi connectivity index (χ0v) is 7.81. The predicted octanol–water partition coefficient (Wildman–Crippen LogP) is 2.17. The van der Waals surface area contributed by atoms with Crippen LogP contribution in [0.25, 0.3) is 11.3 Å². The Morgan fingerprint density at radius 2 is 1.87 bits per heavy atom. The molecule has 2 rings (SSSR count). The number of benzene rings is 1. The summed E-state index contributed by atoms with van der Waals surface area (Å²) in [4.78, 5) is 13.0. The number of nitrogens with zero attached hydrogens (tertiary/aromatic N) is 1. The fourth-order valence-corrected chi connectivity index (χ4v) is 1.38. The molecule has 1 aromatic carbocycles. The van der Waals surface area contributed by atoms with Crippen LogP contribution in [0.4, 0.5) is 11.4 Å². The molecular formula is C10H9N3O2. The van der Waals surface area contributed by atoms with E-state index in [0.717, 1.165) is 11.3 Å². The first-order valence-electron chi connectivity index (χ1n) is 4.36. The Balaban J connectivity index is 2.40. The lowest BCUT2D eigenvalue weighted by Gasteiger charge is -1.99. The molecule has 0 aliphatic heterocycles. The Morgan fingerprint density at radius 1 is 1.20 bits per heavy atom. The third kappa shape index (κ3) is 1.67. The largest absolute Gasteiger partial charge is 0.397 e. The first-order valence-corrected chi connectivity index (χ1v) is 4.36. The number of nitro benzene ring substituents is 1. The van der Waals surface area contributed by atoms with E-state index in [2.05, 4.69) is 4.98 Å². The maximum absolute atomic E-state index is 10.4. The molecule has 0 radical (unpaired) electrons. The molecule has 0 saturated heterocycles. The van der Waals surface area contributed by atoms with E-state index in [1.165, 1.54) is 12.1 Å². The smallest absolute Gasteiger partial charge is 0.269 e. The summed E-state index contributed by atoms with van der Waals surface area (Å²) in [5.41, 5.74) is 8.03. The molecule has 0 fully saturated rings. The number of anilines is 1. The Kier molecular flexibility index (Phi) is 2.13. The molecule has 0 amide bonds. The Labute approximate surface area is 85.7 Å². The fraction of sp³-hybridized carbons (Fsp3) is 0. The van der Waals surface area contributed by atoms with Crippen LogP contribution < -0.4 is 5.73 Å². The van der Waals surface area contributed by atoms with E-state index in [-0.39, 0.29) is 5.69 Å². The number of aromatic nitrogens is 1. The highest BCUT2D eigenvalue weighted by Crippen LogP contribution is 2.25. The molecule has 2 aromatic rings. The number of nitrogens with one attached hydrogen (secondary N) is 1. The molecule has 0 bridgehead atoms. The van der Waals surface area contributed by atoms with E-state index >= 15 is 0 Å². The fourth-order valence-electron chi connectivity index (χ4n) is 1.38. The molecule has 15 heavy (non-hydrogen) atoms. The van der Waals surface area contributed by atoms with Crippen molar-refractivity contribution in [2.45, 2.75) is 0 Å². The van der Waals surface area contributed by atoms with Crippen molar-refractivity contribution >= 4 is 11.4 Å². The summed E-state index contributed by atoms with van der Waals surface area (Å²) >= 11 is 0. The van der Waals surface area contributed by atoms with E-state index in [1.807, 2.05) is 0 Å². The number of non-ortho nitro benzene ring substituents is 1. The second kappa shape index (κ2) is 3.45. The minimum Gasteiger partial charge on any atom is -0.397 e. The van der Waals surface area contributed by atoms with Crippen LogP contribution in [0.15, 0.2) is 36.5 Å². The van der Waals surface area contributed by atoms with Crippen LogP contribution in [0.5, 0.6) is 0 Å². The van der Waals surface area contributed by atoms with Crippen LogP contribution >= 0.6 is 0 Å². The molecule has 0 saturated carbocycles. The summed E-state index contributed by atoms with van der Waals surface area (Å²) in [5, 5.41) is 10.4. The standard InChI is InChI=1S/C10H9N3O2/c11-9-5-6-12-10(9)7-1-3-8(4-2-7)13(14)15/h1-6,12H,11H2. The summed E-state index contributed by atoms with van der Waals surface area (Å²) in [6.45, 7) is 0. The molecule has 3 N–H and O–H groups in total. The molecule has 0 atom stereocenters. The number of H-pyrrole nitrogens is 1. The van der Waals surface area contributed by atoms with Crippen molar-refractivity contribution in [2.75, 3.05) is 5.73 Å². The summed E-state index contributed by atoms with van der Waals surface area (Å²) in [7, 11) is 0. The number of aromatic amines is 1. The number of hydrogen-bond donors (Lipinski definition) is 2. The molecule has 1 heterocycles. The van der Waals surface area contributed by atoms with Gasteiger partial charge < -0.3 is 10.7 Å². The lowest BCUT2D eigenvalue weighted by Crippen LogP contribution is -1.89. The van der Waals surface area contributed by atoms with Gasteiger partial charge in [-0.15, -0.1) is 0 Å². The van der Waals surface area contributed by atoms with Gasteiger partial charge in [0.15, 0.2) is 0 Å². The zero-order valence-electron chi connectivity index (χ0n) is 7.81. The molecule has 1 aromatic heterocycles. The molecule has 5 heteroatoms. The van der Waals surface area contributed by atoms with Crippen molar-refractivity contribution in [2.24, 2.45) is 0 Å². The van der Waals surface area contributed by atoms with E-state index in [4.69, 9.17) is 5.73 Å². The van der Waals surface area contributed by atoms with Gasteiger partial charge in [0, 0.05) is 23.9 Å². The van der Waals surface area contributed by atoms with Gasteiger partial charge >= 0.3 is 0 Å². The van der Waals surface area contributed by atoms with Gasteiger partial charge in [-0.2, -0.15) is 0 Å². The van der Waals surface area contributed by atoms with Crippen LogP contribution in [0, 0.1) is 10.1 Å². The van der Waals surface area contributed by atoms with Gasteiger partial charge in [0.1, 0.15) is 0 Å². The Bertz CT molecular complexity index is 488. The lowest BCUT2D eigenvalue weighted by atomic mass is 10.1. The third-order valence-corrected chi connectivity index (χ3v) is 2.15. The molecule has 0 aliphatic rings. The lowest BCUT2D eigenvalue weighted by molar-refractivity contribution is -0.384. The molecule has 5 nitrogen and oxygen atoms in total. The number of hydrogen-bond acceptors (Lipinski definition) is 3. The van der Waals surface area contributed by atoms with Gasteiger partial charge in [-0.05, 0) is 18.2 Å². The molecule has 0 spiro atoms. The van der Waals surface area contributed by atoms with Gasteiger partial charge in [-0.1, -0.05) is 0 Å². The average molecular weight is 203 g/mol. The van der Waals surface area contributed by atoms with Crippen molar-refractivity contribution < 1.29 is 4.92 Å². The van der Waals surface area contributed by atoms with E-state index in [9.17, 15) is 10.1 Å². The van der Waals surface area contributed by atoms with Crippen molar-refractivity contribution in [3.63, 3.8) is 0 Å². The van der Waals surface area contributed by atoms with Crippen molar-refractivity contribution in [1.29, 1.82) is 0 Å². The molecular weight excluding hydrogens is 194 g/mol. The Hall–Kier alpha value is -2.30. The van der Waals surface area contributed by atoms with E-state index < -0.39 is 4.92 Å². The molecule has 0 aliphatic carbocycles. The summed E-state index contributed by atoms with van der Waals surface area (Å²) < 4.78 is 0. The molecule has 76 valence electrons. The maximum atomic E-state index is 10.4. The van der Waals surface area contributed by atoms with Crippen molar-refractivity contribution in [1.82, 2.24) is 4.98 Å². The second-order valence-corrected chi connectivity index (χ2v) is 3.11. The highest BCUT2D eigenvalue weighted by molar-refractivity contribution is 5.73. The van der Waals surface area contributed by atoms with Crippen LogP contribution in [0.2, 0.25) is 0 Å². The average Bonchev–Trinajstić information content (AvgIpc) is 2.65. The number of nitrogens with two attached hydrogens (primary N) is 1. The SMILES string of the molecule is Nc1cc[nH]c1-c1ccc([N+](=O)[O-])cc1. The van der Waals surface area contributed by atoms with E-state index in [0.29, 0.717) is 5.69 Å². The maximum Gasteiger partial charge on any atom is 0.269 e. The van der Waals surface area contributed by atoms with Crippen molar-refractivity contribution in [3.8, 4) is 11.3 Å². The quantitative estimate of drug-likeness (QED) is 0.579. The van der Waals surface area contributed by atoms with Gasteiger partial charge in [0.05, 0.1) is 16.3 Å². The van der Waals surface area contributed by atoms with E-state index in [1.54, 1.807) is 24.4 Å². The Morgan fingerprint density at radius 3 is 2.33 bits per heavy atom. The number of nitro groups is 1. The normalized spacial score (nSPS) is 10.1. The molecule has 0 unspecified atom stereocenters. The topological polar surface area (TPSA) is 85.0 Å². The number of rotatable bonds is 2. The summed E-state index contributed by atoms with van der Waals surface area (Å²) in [5.74, 6) is 0. The second-order valence-electron chi connectivity index (χ2n) is 3.11. The predicted molar refractivity (Wildman–Crippen MR) is 57.3 cm³/mol. The highest BCUT2D eigenvalue weighted by atomic mass is 16.6. The van der Waals surface area contributed by atoms with Crippen LogP contribution in [-0.4, -0.2) is 9.91 Å². The first kappa shape index (κ1) is 9.26. The van der Waals surface area contributed by atoms with Gasteiger partial charge in [-0.3, -0.25) is 10.1 Å². The monoisotopic (exact) mass is 203 g/mol. The first-order chi connectivity index (χ1) is 7.18. The van der Waals surface area contributed by atoms with Crippen molar-refractivity contribution in [3.05, 3.63) is 46.6 Å². The van der Waals surface area contributed by atoms with Crippen LogP contribution in [-0.2, 0) is 0 Å². The van der Waals surface area contributed by atoms with Crippen LogP contribution in [0.3, 0.4) is 0 Å². The zero-order chi connectivity index (χ0) is 10.8. The summed E-state index contributed by atoms with van der Waals surface area (Å²) in [6, 6.07) is 7.99. The highest BCUT2D eigenvalue weighted by Gasteiger charge is 2.07. The van der Waals surface area contributed by atoms with Gasteiger partial charge in [0.2, 0.25) is 0 Å². The van der Waals surface area contributed by atoms with Gasteiger partial charge in [-0.25, -0.2) is 0 Å². The summed E-state index contributed by atoms with van der Waals surface area (Å²) in [6.07, 6.45) is 1.73. The minimum absolute atomic E-state index is 0.0730. The third-order valence-electron chi connectivity index (χ3n) is 2.15. The van der Waals surface area contributed by atoms with Crippen LogP contribution in [0.1, 0.15) is 0 Å².